The number of nitrogens with zero attached hydrogens (tertiary/aromatic N) is 3. The maximum Gasteiger partial charge on any atom is 0.139 e. The van der Waals surface area contributed by atoms with E-state index >= 15 is 0 Å². The van der Waals surface area contributed by atoms with Gasteiger partial charge in [0.2, 0.25) is 0 Å². The van der Waals surface area contributed by atoms with Crippen LogP contribution in [0.1, 0.15) is 5.56 Å². The molecule has 20 heavy (non-hydrogen) atoms. The number of rotatable bonds is 2. The van der Waals surface area contributed by atoms with E-state index in [4.69, 9.17) is 5.73 Å². The van der Waals surface area contributed by atoms with E-state index in [1.165, 1.54) is 5.56 Å². The summed E-state index contributed by atoms with van der Waals surface area (Å²) < 4.78 is 1.92. The first-order valence-corrected chi connectivity index (χ1v) is 6.58. The molecule has 0 fully saturated rings. The van der Waals surface area contributed by atoms with Crippen molar-refractivity contribution in [1.29, 1.82) is 0 Å². The number of pyridine rings is 1. The minimum atomic E-state index is 0.678. The van der Waals surface area contributed by atoms with Crippen LogP contribution in [-0.4, -0.2) is 23.5 Å². The molecular weight excluding hydrogens is 248 g/mol. The highest BCUT2D eigenvalue weighted by atomic mass is 15.1. The molecule has 4 heteroatoms. The number of aromatic nitrogens is 2. The number of imidazole rings is 1. The van der Waals surface area contributed by atoms with Gasteiger partial charge >= 0.3 is 0 Å². The molecule has 0 aliphatic carbocycles. The van der Waals surface area contributed by atoms with Crippen LogP contribution in [0.4, 0.5) is 11.5 Å². The van der Waals surface area contributed by atoms with E-state index in [2.05, 4.69) is 41.1 Å². The molecule has 3 rings (SSSR count). The molecule has 2 heterocycles. The molecule has 0 unspecified atom stereocenters. The summed E-state index contributed by atoms with van der Waals surface area (Å²) in [4.78, 5) is 6.71. The number of nitrogens with two attached hydrogens (primary N) is 1. The van der Waals surface area contributed by atoms with Crippen LogP contribution in [0.5, 0.6) is 0 Å². The molecule has 0 bridgehead atoms. The molecule has 3 aromatic rings. The second-order valence-electron chi connectivity index (χ2n) is 5.22. The first kappa shape index (κ1) is 12.5. The molecule has 0 radical (unpaired) electrons. The zero-order valence-corrected chi connectivity index (χ0v) is 12.0. The van der Waals surface area contributed by atoms with Crippen molar-refractivity contribution in [2.45, 2.75) is 6.92 Å². The highest BCUT2D eigenvalue weighted by Crippen LogP contribution is 2.28. The molecule has 0 aliphatic rings. The van der Waals surface area contributed by atoms with Gasteiger partial charge in [-0.25, -0.2) is 4.98 Å². The fraction of sp³-hybridized carbons (Fsp3) is 0.188. The van der Waals surface area contributed by atoms with Crippen LogP contribution in [0, 0.1) is 6.92 Å². The maximum atomic E-state index is 6.21. The Balaban J connectivity index is 2.11. The van der Waals surface area contributed by atoms with Gasteiger partial charge in [0, 0.05) is 31.5 Å². The van der Waals surface area contributed by atoms with Crippen molar-refractivity contribution in [1.82, 2.24) is 9.38 Å². The summed E-state index contributed by atoms with van der Waals surface area (Å²) in [6.45, 7) is 2.05. The monoisotopic (exact) mass is 266 g/mol. The Labute approximate surface area is 118 Å². The van der Waals surface area contributed by atoms with E-state index < -0.39 is 0 Å². The minimum Gasteiger partial charge on any atom is -0.383 e. The quantitative estimate of drug-likeness (QED) is 0.775. The van der Waals surface area contributed by atoms with Gasteiger partial charge in [-0.2, -0.15) is 0 Å². The van der Waals surface area contributed by atoms with Crippen molar-refractivity contribution in [2.24, 2.45) is 0 Å². The van der Waals surface area contributed by atoms with Crippen molar-refractivity contribution < 1.29 is 0 Å². The van der Waals surface area contributed by atoms with Crippen LogP contribution in [0.25, 0.3) is 16.9 Å². The molecule has 0 amide bonds. The number of fused-ring (bicyclic) bond motifs is 1. The Morgan fingerprint density at radius 2 is 1.80 bits per heavy atom. The fourth-order valence-electron chi connectivity index (χ4n) is 2.30. The second kappa shape index (κ2) is 4.56. The van der Waals surface area contributed by atoms with Gasteiger partial charge in [-0.15, -0.1) is 0 Å². The van der Waals surface area contributed by atoms with Crippen LogP contribution < -0.4 is 10.6 Å². The molecule has 102 valence electrons. The van der Waals surface area contributed by atoms with Crippen molar-refractivity contribution in [3.63, 3.8) is 0 Å². The highest BCUT2D eigenvalue weighted by Gasteiger charge is 2.11. The zero-order chi connectivity index (χ0) is 14.3. The molecular formula is C16H18N4. The average Bonchev–Trinajstić information content (AvgIpc) is 2.75. The van der Waals surface area contributed by atoms with Gasteiger partial charge in [-0.3, -0.25) is 4.40 Å². The number of aryl methyl sites for hydroxylation is 1. The smallest absolute Gasteiger partial charge is 0.139 e. The lowest BCUT2D eigenvalue weighted by atomic mass is 10.1. The van der Waals surface area contributed by atoms with Gasteiger partial charge in [0.25, 0.3) is 0 Å². The van der Waals surface area contributed by atoms with Crippen LogP contribution in [-0.2, 0) is 0 Å². The third-order valence-electron chi connectivity index (χ3n) is 3.48. The fourth-order valence-corrected chi connectivity index (χ4v) is 2.30. The number of hydrogen-bond donors (Lipinski definition) is 1. The first-order valence-electron chi connectivity index (χ1n) is 6.58. The third kappa shape index (κ3) is 1.99. The molecule has 0 aliphatic heterocycles. The van der Waals surface area contributed by atoms with Crippen LogP contribution in [0.15, 0.2) is 42.6 Å². The molecule has 0 saturated heterocycles. The topological polar surface area (TPSA) is 46.6 Å². The van der Waals surface area contributed by atoms with Gasteiger partial charge < -0.3 is 10.6 Å². The van der Waals surface area contributed by atoms with Crippen molar-refractivity contribution >= 4 is 17.2 Å². The van der Waals surface area contributed by atoms with E-state index in [0.29, 0.717) is 5.82 Å². The van der Waals surface area contributed by atoms with Gasteiger partial charge in [0.1, 0.15) is 17.2 Å². The highest BCUT2D eigenvalue weighted by molar-refractivity contribution is 5.76. The van der Waals surface area contributed by atoms with E-state index in [-0.39, 0.29) is 0 Å². The SMILES string of the molecule is Cc1ccn2c(N)c(-c3ccc(N(C)C)cc3)nc2c1. The summed E-state index contributed by atoms with van der Waals surface area (Å²) in [5, 5.41) is 0. The summed E-state index contributed by atoms with van der Waals surface area (Å²) >= 11 is 0. The Bertz CT molecular complexity index is 754. The first-order chi connectivity index (χ1) is 9.56. The van der Waals surface area contributed by atoms with Gasteiger partial charge in [0.15, 0.2) is 0 Å². The molecule has 0 saturated carbocycles. The Hall–Kier alpha value is -2.49. The molecule has 2 N–H and O–H groups in total. The summed E-state index contributed by atoms with van der Waals surface area (Å²) in [5.74, 6) is 0.678. The lowest BCUT2D eigenvalue weighted by Gasteiger charge is -2.12. The van der Waals surface area contributed by atoms with Crippen molar-refractivity contribution in [3.8, 4) is 11.3 Å². The minimum absolute atomic E-state index is 0.678. The normalized spacial score (nSPS) is 10.9. The van der Waals surface area contributed by atoms with E-state index in [0.717, 1.165) is 22.6 Å². The predicted molar refractivity (Wildman–Crippen MR) is 84.1 cm³/mol. The number of anilines is 2. The van der Waals surface area contributed by atoms with Crippen molar-refractivity contribution in [2.75, 3.05) is 24.7 Å². The summed E-state index contributed by atoms with van der Waals surface area (Å²) in [6, 6.07) is 12.3. The number of nitrogen functional groups attached to an aromatic ring is 1. The average molecular weight is 266 g/mol. The Morgan fingerprint density at radius 3 is 2.45 bits per heavy atom. The van der Waals surface area contributed by atoms with Crippen LogP contribution >= 0.6 is 0 Å². The van der Waals surface area contributed by atoms with Crippen molar-refractivity contribution in [3.05, 3.63) is 48.2 Å². The Kier molecular flexibility index (Phi) is 2.86. The van der Waals surface area contributed by atoms with Gasteiger partial charge in [-0.05, 0) is 36.8 Å². The lowest BCUT2D eigenvalue weighted by Crippen LogP contribution is -2.07. The second-order valence-corrected chi connectivity index (χ2v) is 5.22. The third-order valence-corrected chi connectivity index (χ3v) is 3.48. The molecule has 2 aromatic heterocycles. The van der Waals surface area contributed by atoms with Crippen LogP contribution in [0.2, 0.25) is 0 Å². The predicted octanol–water partition coefficient (Wildman–Crippen LogP) is 2.96. The van der Waals surface area contributed by atoms with E-state index in [1.807, 2.05) is 36.8 Å². The number of benzene rings is 1. The molecule has 1 aromatic carbocycles. The summed E-state index contributed by atoms with van der Waals surface area (Å²) in [5.41, 5.74) is 11.3. The Morgan fingerprint density at radius 1 is 1.10 bits per heavy atom. The van der Waals surface area contributed by atoms with Gasteiger partial charge in [-0.1, -0.05) is 12.1 Å². The van der Waals surface area contributed by atoms with E-state index in [1.54, 1.807) is 0 Å². The molecule has 4 nitrogen and oxygen atoms in total. The largest absolute Gasteiger partial charge is 0.383 e. The zero-order valence-electron chi connectivity index (χ0n) is 12.0. The number of hydrogen-bond acceptors (Lipinski definition) is 3. The van der Waals surface area contributed by atoms with E-state index in [9.17, 15) is 0 Å². The lowest BCUT2D eigenvalue weighted by molar-refractivity contribution is 1.13. The summed E-state index contributed by atoms with van der Waals surface area (Å²) in [7, 11) is 4.05. The standard InChI is InChI=1S/C16H18N4/c1-11-8-9-20-14(10-11)18-15(16(20)17)12-4-6-13(7-5-12)19(2)3/h4-10H,17H2,1-3H3. The van der Waals surface area contributed by atoms with Crippen LogP contribution in [0.3, 0.4) is 0 Å². The maximum absolute atomic E-state index is 6.21. The molecule has 0 spiro atoms. The van der Waals surface area contributed by atoms with Gasteiger partial charge in [0.05, 0.1) is 0 Å². The molecule has 0 atom stereocenters. The summed E-state index contributed by atoms with van der Waals surface area (Å²) in [6.07, 6.45) is 1.96.